The lowest BCUT2D eigenvalue weighted by Crippen LogP contribution is -2.24. The number of carbonyl (C=O) groups excluding carboxylic acids is 3. The molecule has 126 valence electrons. The van der Waals surface area contributed by atoms with Gasteiger partial charge in [-0.1, -0.05) is 58.4 Å². The summed E-state index contributed by atoms with van der Waals surface area (Å²) in [5.74, 6) is -2.32. The molecular weight excluding hydrogens is 384 g/mol. The van der Waals surface area contributed by atoms with Crippen LogP contribution in [0, 0.1) is 11.3 Å². The van der Waals surface area contributed by atoms with Crippen LogP contribution in [0.2, 0.25) is 0 Å². The van der Waals surface area contributed by atoms with Gasteiger partial charge in [-0.05, 0) is 18.6 Å². The third kappa shape index (κ3) is 2.02. The van der Waals surface area contributed by atoms with Gasteiger partial charge in [-0.15, -0.1) is 0 Å². The molecule has 25 heavy (non-hydrogen) atoms. The Morgan fingerprint density at radius 3 is 2.16 bits per heavy atom. The van der Waals surface area contributed by atoms with Crippen molar-refractivity contribution in [3.05, 3.63) is 69.7 Å². The number of rotatable bonds is 3. The van der Waals surface area contributed by atoms with Crippen LogP contribution in [0.5, 0.6) is 0 Å². The summed E-state index contributed by atoms with van der Waals surface area (Å²) in [6.45, 7) is 1.93. The lowest BCUT2D eigenvalue weighted by atomic mass is 9.93. The van der Waals surface area contributed by atoms with Crippen LogP contribution in [-0.4, -0.2) is 24.1 Å². The second kappa shape index (κ2) is 5.63. The molecule has 2 aliphatic carbocycles. The third-order valence-corrected chi connectivity index (χ3v) is 5.88. The second-order valence-electron chi connectivity index (χ2n) is 6.30. The van der Waals surface area contributed by atoms with Gasteiger partial charge in [0.1, 0.15) is 5.41 Å². The quantitative estimate of drug-likeness (QED) is 0.582. The van der Waals surface area contributed by atoms with E-state index >= 15 is 0 Å². The highest BCUT2D eigenvalue weighted by Gasteiger charge is 2.80. The van der Waals surface area contributed by atoms with Crippen molar-refractivity contribution in [2.45, 2.75) is 12.8 Å². The van der Waals surface area contributed by atoms with Gasteiger partial charge in [0.15, 0.2) is 11.6 Å². The van der Waals surface area contributed by atoms with E-state index in [4.69, 9.17) is 4.74 Å². The Balaban J connectivity index is 1.88. The van der Waals surface area contributed by atoms with Crippen LogP contribution < -0.4 is 0 Å². The molecule has 5 heteroatoms. The van der Waals surface area contributed by atoms with Crippen LogP contribution in [0.25, 0.3) is 0 Å². The Bertz CT molecular complexity index is 882. The number of halogens is 1. The fourth-order valence-corrected chi connectivity index (χ4v) is 4.62. The summed E-state index contributed by atoms with van der Waals surface area (Å²) >= 11 is 3.48. The number of fused-ring (bicyclic) bond motifs is 1. The fourth-order valence-electron chi connectivity index (χ4n) is 4.09. The summed E-state index contributed by atoms with van der Waals surface area (Å²) in [5.41, 5.74) is 0.225. The van der Waals surface area contributed by atoms with Gasteiger partial charge in [0, 0.05) is 21.5 Å². The van der Waals surface area contributed by atoms with Gasteiger partial charge in [-0.25, -0.2) is 0 Å². The first kappa shape index (κ1) is 16.2. The van der Waals surface area contributed by atoms with Gasteiger partial charge in [0.2, 0.25) is 0 Å². The average Bonchev–Trinajstić information content (AvgIpc) is 3.26. The van der Waals surface area contributed by atoms with Crippen molar-refractivity contribution in [2.75, 3.05) is 6.61 Å². The minimum atomic E-state index is -1.36. The van der Waals surface area contributed by atoms with Gasteiger partial charge >= 0.3 is 5.97 Å². The molecule has 0 bridgehead atoms. The Labute approximate surface area is 153 Å². The molecule has 1 fully saturated rings. The SMILES string of the molecule is CCOC(=O)[C@H]1[C@H](c2ccccc2Br)C12C(=O)c1ccccc1C2=O. The maximum Gasteiger partial charge on any atom is 0.311 e. The van der Waals surface area contributed by atoms with Crippen LogP contribution >= 0.6 is 15.9 Å². The highest BCUT2D eigenvalue weighted by atomic mass is 79.9. The molecule has 4 rings (SSSR count). The van der Waals surface area contributed by atoms with Crippen LogP contribution in [0.4, 0.5) is 0 Å². The molecule has 0 radical (unpaired) electrons. The summed E-state index contributed by atoms with van der Waals surface area (Å²) in [6, 6.07) is 14.2. The van der Waals surface area contributed by atoms with E-state index in [-0.39, 0.29) is 18.2 Å². The van der Waals surface area contributed by atoms with E-state index in [9.17, 15) is 14.4 Å². The first-order valence-electron chi connectivity index (χ1n) is 8.14. The summed E-state index contributed by atoms with van der Waals surface area (Å²) < 4.78 is 5.96. The molecule has 2 aromatic rings. The lowest BCUT2D eigenvalue weighted by Gasteiger charge is -2.07. The Morgan fingerprint density at radius 2 is 1.60 bits per heavy atom. The molecule has 0 amide bonds. The van der Waals surface area contributed by atoms with Crippen molar-refractivity contribution in [2.24, 2.45) is 11.3 Å². The van der Waals surface area contributed by atoms with E-state index in [2.05, 4.69) is 15.9 Å². The van der Waals surface area contributed by atoms with Crippen LogP contribution in [0.3, 0.4) is 0 Å². The first-order valence-corrected chi connectivity index (χ1v) is 8.94. The fraction of sp³-hybridized carbons (Fsp3) is 0.250. The molecule has 0 unspecified atom stereocenters. The highest BCUT2D eigenvalue weighted by Crippen LogP contribution is 2.71. The Kier molecular flexibility index (Phi) is 3.65. The predicted molar refractivity (Wildman–Crippen MR) is 94.5 cm³/mol. The molecule has 0 N–H and O–H groups in total. The number of ketones is 2. The van der Waals surface area contributed by atoms with Crippen molar-refractivity contribution in [3.63, 3.8) is 0 Å². The van der Waals surface area contributed by atoms with Gasteiger partial charge in [0.25, 0.3) is 0 Å². The monoisotopic (exact) mass is 398 g/mol. The number of Topliss-reactive ketones (excluding diaryl/α,β-unsaturated/α-hetero) is 2. The smallest absolute Gasteiger partial charge is 0.311 e. The van der Waals surface area contributed by atoms with Gasteiger partial charge < -0.3 is 4.74 Å². The number of benzene rings is 2. The van der Waals surface area contributed by atoms with Crippen molar-refractivity contribution >= 4 is 33.5 Å². The molecule has 4 nitrogen and oxygen atoms in total. The molecule has 0 saturated heterocycles. The zero-order valence-corrected chi connectivity index (χ0v) is 15.1. The molecule has 0 heterocycles. The average molecular weight is 399 g/mol. The zero-order chi connectivity index (χ0) is 17.8. The number of hydrogen-bond donors (Lipinski definition) is 0. The van der Waals surface area contributed by atoms with Crippen LogP contribution in [0.15, 0.2) is 53.0 Å². The van der Waals surface area contributed by atoms with Crippen molar-refractivity contribution in [3.8, 4) is 0 Å². The van der Waals surface area contributed by atoms with E-state index in [1.54, 1.807) is 31.2 Å². The first-order chi connectivity index (χ1) is 12.0. The van der Waals surface area contributed by atoms with E-state index < -0.39 is 23.2 Å². The highest BCUT2D eigenvalue weighted by molar-refractivity contribution is 9.10. The molecule has 2 atom stereocenters. The van der Waals surface area contributed by atoms with Crippen molar-refractivity contribution in [1.29, 1.82) is 0 Å². The summed E-state index contributed by atoms with van der Waals surface area (Å²) in [6.07, 6.45) is 0. The topological polar surface area (TPSA) is 60.4 Å². The number of carbonyl (C=O) groups is 3. The minimum Gasteiger partial charge on any atom is -0.466 e. The number of ether oxygens (including phenoxy) is 1. The molecule has 0 aliphatic heterocycles. The van der Waals surface area contributed by atoms with Gasteiger partial charge in [-0.3, -0.25) is 14.4 Å². The molecule has 2 aromatic carbocycles. The second-order valence-corrected chi connectivity index (χ2v) is 7.16. The normalized spacial score (nSPS) is 22.8. The van der Waals surface area contributed by atoms with Crippen LogP contribution in [-0.2, 0) is 9.53 Å². The maximum absolute atomic E-state index is 13.2. The zero-order valence-electron chi connectivity index (χ0n) is 13.5. The molecular formula is C20H15BrO4. The van der Waals surface area contributed by atoms with E-state index in [1.165, 1.54) is 0 Å². The molecule has 0 aromatic heterocycles. The summed E-state index contributed by atoms with van der Waals surface area (Å²) in [5, 5.41) is 0. The predicted octanol–water partition coefficient (Wildman–Crippen LogP) is 3.79. The van der Waals surface area contributed by atoms with Crippen molar-refractivity contribution in [1.82, 2.24) is 0 Å². The molecule has 2 aliphatic rings. The van der Waals surface area contributed by atoms with E-state index in [1.807, 2.05) is 24.3 Å². The number of hydrogen-bond acceptors (Lipinski definition) is 4. The molecule has 1 spiro atoms. The van der Waals surface area contributed by atoms with E-state index in [0.717, 1.165) is 10.0 Å². The standard InChI is InChI=1S/C20H15BrO4/c1-2-25-19(24)16-15(13-9-5-6-10-14(13)21)20(16)17(22)11-7-3-4-8-12(11)18(20)23/h3-10,15-16H,2H2,1H3/t15-,16+/m0/s1. The maximum atomic E-state index is 13.2. The van der Waals surface area contributed by atoms with Crippen LogP contribution in [0.1, 0.15) is 39.1 Å². The third-order valence-electron chi connectivity index (χ3n) is 5.15. The summed E-state index contributed by atoms with van der Waals surface area (Å²) in [7, 11) is 0. The summed E-state index contributed by atoms with van der Waals surface area (Å²) in [4.78, 5) is 38.9. The largest absolute Gasteiger partial charge is 0.466 e. The number of esters is 1. The Morgan fingerprint density at radius 1 is 1.04 bits per heavy atom. The minimum absolute atomic E-state index is 0.212. The Hall–Kier alpha value is -2.27. The van der Waals surface area contributed by atoms with Gasteiger partial charge in [-0.2, -0.15) is 0 Å². The van der Waals surface area contributed by atoms with E-state index in [0.29, 0.717) is 11.1 Å². The van der Waals surface area contributed by atoms with Gasteiger partial charge in [0.05, 0.1) is 12.5 Å². The molecule has 1 saturated carbocycles. The lowest BCUT2D eigenvalue weighted by molar-refractivity contribution is -0.145. The van der Waals surface area contributed by atoms with Crippen molar-refractivity contribution < 1.29 is 19.1 Å².